The van der Waals surface area contributed by atoms with Gasteiger partial charge in [0.1, 0.15) is 0 Å². The van der Waals surface area contributed by atoms with Crippen LogP contribution in [0, 0.1) is 6.92 Å². The molecule has 2 heterocycles. The molecule has 3 heteroatoms. The summed E-state index contributed by atoms with van der Waals surface area (Å²) in [6.45, 7) is 2.25. The maximum absolute atomic E-state index is 2.59. The molecule has 63 heavy (non-hydrogen) atoms. The lowest BCUT2D eigenvalue weighted by atomic mass is 9.67. The summed E-state index contributed by atoms with van der Waals surface area (Å²) in [5, 5.41) is 7.65. The highest BCUT2D eigenvalue weighted by Gasteiger charge is 2.49. The van der Waals surface area contributed by atoms with Gasteiger partial charge in [0.05, 0.1) is 11.1 Å². The van der Waals surface area contributed by atoms with Gasteiger partial charge in [0.15, 0.2) is 0 Å². The fraction of sp³-hybridized carbons (Fsp3) is 0.0333. The molecule has 1 nitrogen and oxygen atoms in total. The first kappa shape index (κ1) is 36.4. The molecule has 1 aliphatic carbocycles. The summed E-state index contributed by atoms with van der Waals surface area (Å²) >= 11 is 3.88. The van der Waals surface area contributed by atoms with Crippen LogP contribution in [0.2, 0.25) is 0 Å². The van der Waals surface area contributed by atoms with E-state index in [4.69, 9.17) is 0 Å². The number of aryl methyl sites for hydroxylation is 1. The topological polar surface area (TPSA) is 3.24 Å². The van der Waals surface area contributed by atoms with Gasteiger partial charge in [-0.15, -0.1) is 22.7 Å². The Labute approximate surface area is 374 Å². The Hall–Kier alpha value is -7.30. The number of hydrogen-bond donors (Lipinski definition) is 0. The van der Waals surface area contributed by atoms with E-state index >= 15 is 0 Å². The van der Waals surface area contributed by atoms with Crippen LogP contribution in [0.1, 0.15) is 27.8 Å². The number of nitrogens with zero attached hydrogens (tertiary/aromatic N) is 1. The standard InChI is InChI=1S/C60H39NS2/c1-38-17-11-14-26-51(38)61(45-32-31-41-35-40(29-30-42(41)36-45)39-18-5-2-6-19-39)52-37-50-57(59-55(52)48-25-13-16-28-54(48)63-59)56-49(34-33-47-46-24-12-15-27-53(46)62-58(47)56)60(50,43-20-7-3-8-21-43)44-22-9-4-10-23-44/h2-37H,1H3. The molecule has 0 spiro atoms. The van der Waals surface area contributed by atoms with Crippen LogP contribution in [0.3, 0.4) is 0 Å². The Balaban J connectivity index is 1.19. The Kier molecular flexibility index (Phi) is 8.15. The van der Waals surface area contributed by atoms with Gasteiger partial charge in [-0.2, -0.15) is 0 Å². The number of para-hydroxylation sites is 1. The van der Waals surface area contributed by atoms with E-state index in [-0.39, 0.29) is 0 Å². The summed E-state index contributed by atoms with van der Waals surface area (Å²) in [6, 6.07) is 81.5. The molecule has 2 aromatic heterocycles. The van der Waals surface area contributed by atoms with Crippen LogP contribution < -0.4 is 4.90 Å². The molecule has 0 saturated heterocycles. The summed E-state index contributed by atoms with van der Waals surface area (Å²) in [6.07, 6.45) is 0. The molecule has 0 saturated carbocycles. The molecule has 0 amide bonds. The van der Waals surface area contributed by atoms with Gasteiger partial charge in [0.25, 0.3) is 0 Å². The van der Waals surface area contributed by atoms with Gasteiger partial charge >= 0.3 is 0 Å². The van der Waals surface area contributed by atoms with Gasteiger partial charge in [-0.05, 0) is 99.1 Å². The lowest BCUT2D eigenvalue weighted by molar-refractivity contribution is 0.770. The number of rotatable bonds is 6. The van der Waals surface area contributed by atoms with Crippen molar-refractivity contribution in [2.24, 2.45) is 0 Å². The Morgan fingerprint density at radius 2 is 0.984 bits per heavy atom. The molecular weight excluding hydrogens is 799 g/mol. The zero-order valence-corrected chi connectivity index (χ0v) is 36.2. The van der Waals surface area contributed by atoms with E-state index in [9.17, 15) is 0 Å². The third-order valence-corrected chi connectivity index (χ3v) is 15.8. The lowest BCUT2D eigenvalue weighted by Crippen LogP contribution is -2.28. The second kappa shape index (κ2) is 14.1. The van der Waals surface area contributed by atoms with Crippen LogP contribution in [0.5, 0.6) is 0 Å². The predicted molar refractivity (Wildman–Crippen MR) is 272 cm³/mol. The smallest absolute Gasteiger partial charge is 0.0715 e. The molecular formula is C60H39NS2. The molecule has 0 bridgehead atoms. The van der Waals surface area contributed by atoms with Gasteiger partial charge in [0, 0.05) is 62.8 Å². The zero-order chi connectivity index (χ0) is 41.6. The van der Waals surface area contributed by atoms with Crippen molar-refractivity contribution in [2.45, 2.75) is 12.3 Å². The molecule has 0 fully saturated rings. The number of hydrogen-bond acceptors (Lipinski definition) is 3. The normalized spacial score (nSPS) is 13.0. The monoisotopic (exact) mass is 837 g/mol. The van der Waals surface area contributed by atoms with Gasteiger partial charge in [-0.25, -0.2) is 0 Å². The maximum Gasteiger partial charge on any atom is 0.0715 e. The van der Waals surface area contributed by atoms with Crippen molar-refractivity contribution in [3.05, 3.63) is 246 Å². The van der Waals surface area contributed by atoms with Gasteiger partial charge in [0.2, 0.25) is 0 Å². The highest BCUT2D eigenvalue weighted by molar-refractivity contribution is 7.27. The second-order valence-corrected chi connectivity index (χ2v) is 18.9. The Bertz CT molecular complexity index is 3710. The highest BCUT2D eigenvalue weighted by Crippen LogP contribution is 2.64. The molecule has 12 aromatic rings. The molecule has 0 N–H and O–H groups in total. The van der Waals surface area contributed by atoms with E-state index in [0.29, 0.717) is 0 Å². The molecule has 13 rings (SSSR count). The molecule has 10 aromatic carbocycles. The van der Waals surface area contributed by atoms with Crippen LogP contribution >= 0.6 is 22.7 Å². The minimum atomic E-state index is -0.592. The fourth-order valence-electron chi connectivity index (χ4n) is 10.7. The molecule has 0 aliphatic heterocycles. The van der Waals surface area contributed by atoms with Gasteiger partial charge in [-0.1, -0.05) is 176 Å². The van der Waals surface area contributed by atoms with Crippen molar-refractivity contribution < 1.29 is 0 Å². The van der Waals surface area contributed by atoms with Gasteiger partial charge in [-0.3, -0.25) is 0 Å². The van der Waals surface area contributed by atoms with E-state index in [1.807, 2.05) is 22.7 Å². The van der Waals surface area contributed by atoms with Crippen molar-refractivity contribution in [1.82, 2.24) is 0 Å². The Morgan fingerprint density at radius 3 is 1.73 bits per heavy atom. The summed E-state index contributed by atoms with van der Waals surface area (Å²) in [5.41, 5.74) is 14.5. The average molecular weight is 838 g/mol. The molecule has 0 unspecified atom stereocenters. The van der Waals surface area contributed by atoms with Crippen LogP contribution in [0.25, 0.3) is 73.4 Å². The third kappa shape index (κ3) is 5.34. The number of anilines is 3. The third-order valence-electron chi connectivity index (χ3n) is 13.4. The van der Waals surface area contributed by atoms with E-state index in [1.165, 1.54) is 113 Å². The zero-order valence-electron chi connectivity index (χ0n) is 34.5. The fourth-order valence-corrected chi connectivity index (χ4v) is 13.2. The van der Waals surface area contributed by atoms with Crippen LogP contribution in [0.15, 0.2) is 218 Å². The summed E-state index contributed by atoms with van der Waals surface area (Å²) in [4.78, 5) is 2.56. The number of fused-ring (bicyclic) bond motifs is 12. The van der Waals surface area contributed by atoms with Crippen molar-refractivity contribution in [3.63, 3.8) is 0 Å². The van der Waals surface area contributed by atoms with Crippen LogP contribution in [-0.4, -0.2) is 0 Å². The van der Waals surface area contributed by atoms with Crippen molar-refractivity contribution in [2.75, 3.05) is 4.90 Å². The second-order valence-electron chi connectivity index (χ2n) is 16.8. The summed E-state index contributed by atoms with van der Waals surface area (Å²) in [7, 11) is 0. The number of benzene rings is 10. The van der Waals surface area contributed by atoms with E-state index in [1.54, 1.807) is 0 Å². The first-order chi connectivity index (χ1) is 31.2. The van der Waals surface area contributed by atoms with E-state index in [2.05, 4.69) is 230 Å². The maximum atomic E-state index is 2.59. The first-order valence-electron chi connectivity index (χ1n) is 21.7. The van der Waals surface area contributed by atoms with Crippen molar-refractivity contribution in [1.29, 1.82) is 0 Å². The molecule has 1 aliphatic rings. The SMILES string of the molecule is Cc1ccccc1N(c1ccc2cc(-c3ccccc3)ccc2c1)c1cc2c(c3sc4ccccc4c13)-c1c(ccc3c1sc1ccccc13)C2(c1ccccc1)c1ccccc1. The average Bonchev–Trinajstić information content (AvgIpc) is 4.02. The number of thiophene rings is 2. The quantitative estimate of drug-likeness (QED) is 0.161. The summed E-state index contributed by atoms with van der Waals surface area (Å²) < 4.78 is 5.30. The minimum Gasteiger partial charge on any atom is -0.310 e. The highest BCUT2D eigenvalue weighted by atomic mass is 32.1. The van der Waals surface area contributed by atoms with E-state index < -0.39 is 5.41 Å². The van der Waals surface area contributed by atoms with Crippen molar-refractivity contribution >= 4 is 90.9 Å². The molecule has 0 atom stereocenters. The molecule has 0 radical (unpaired) electrons. The van der Waals surface area contributed by atoms with E-state index in [0.717, 1.165) is 5.69 Å². The van der Waals surface area contributed by atoms with Crippen molar-refractivity contribution in [3.8, 4) is 22.3 Å². The molecule has 296 valence electrons. The lowest BCUT2D eigenvalue weighted by Gasteiger charge is -2.35. The van der Waals surface area contributed by atoms with Crippen LogP contribution in [-0.2, 0) is 5.41 Å². The minimum absolute atomic E-state index is 0.592. The Morgan fingerprint density at radius 1 is 0.397 bits per heavy atom. The summed E-state index contributed by atoms with van der Waals surface area (Å²) in [5.74, 6) is 0. The van der Waals surface area contributed by atoms with Crippen LogP contribution in [0.4, 0.5) is 17.1 Å². The largest absolute Gasteiger partial charge is 0.310 e. The van der Waals surface area contributed by atoms with Gasteiger partial charge < -0.3 is 4.90 Å². The first-order valence-corrected chi connectivity index (χ1v) is 23.3. The predicted octanol–water partition coefficient (Wildman–Crippen LogP) is 17.4.